The van der Waals surface area contributed by atoms with Crippen molar-refractivity contribution in [3.63, 3.8) is 0 Å². The second-order valence-corrected chi connectivity index (χ2v) is 4.46. The molecule has 0 bridgehead atoms. The molecule has 2 aromatic carbocycles. The molecule has 0 heterocycles. The van der Waals surface area contributed by atoms with Crippen LogP contribution in [0.4, 0.5) is 0 Å². The van der Waals surface area contributed by atoms with E-state index in [1.54, 1.807) is 6.92 Å². The molecule has 0 spiro atoms. The summed E-state index contributed by atoms with van der Waals surface area (Å²) in [5, 5.41) is 18.3. The third-order valence-electron chi connectivity index (χ3n) is 2.92. The second kappa shape index (κ2) is 6.36. The van der Waals surface area contributed by atoms with Crippen molar-refractivity contribution in [2.24, 2.45) is 0 Å². The average Bonchev–Trinajstić information content (AvgIpc) is 2.42. The van der Waals surface area contributed by atoms with Gasteiger partial charge >= 0.3 is 0 Å². The Hall–Kier alpha value is -1.84. The van der Waals surface area contributed by atoms with Gasteiger partial charge in [0, 0.05) is 6.61 Å². The van der Waals surface area contributed by atoms with Crippen LogP contribution in [0.3, 0.4) is 0 Å². The molecule has 2 rings (SSSR count). The molecular weight excluding hydrogens is 240 g/mol. The van der Waals surface area contributed by atoms with E-state index in [2.05, 4.69) is 0 Å². The molecule has 2 N–H and O–H groups in total. The molecule has 3 nitrogen and oxygen atoms in total. The van der Waals surface area contributed by atoms with Gasteiger partial charge < -0.3 is 14.9 Å². The lowest BCUT2D eigenvalue weighted by molar-refractivity contribution is 0.199. The Morgan fingerprint density at radius 3 is 1.95 bits per heavy atom. The van der Waals surface area contributed by atoms with E-state index in [4.69, 9.17) is 9.84 Å². The maximum Gasteiger partial charge on any atom is 0.127 e. The summed E-state index contributed by atoms with van der Waals surface area (Å²) in [6, 6.07) is 15.0. The van der Waals surface area contributed by atoms with Crippen LogP contribution in [0.25, 0.3) is 0 Å². The van der Waals surface area contributed by atoms with Crippen LogP contribution in [0, 0.1) is 0 Å². The van der Waals surface area contributed by atoms with Crippen molar-refractivity contribution < 1.29 is 14.9 Å². The van der Waals surface area contributed by atoms with E-state index in [1.165, 1.54) is 0 Å². The molecule has 0 amide bonds. The number of aliphatic hydroxyl groups excluding tert-OH is 2. The molecule has 1 atom stereocenters. The monoisotopic (exact) mass is 258 g/mol. The summed E-state index contributed by atoms with van der Waals surface area (Å²) >= 11 is 0. The normalized spacial score (nSPS) is 12.2. The predicted molar refractivity (Wildman–Crippen MR) is 74.4 cm³/mol. The fourth-order valence-corrected chi connectivity index (χ4v) is 1.80. The number of hydrogen-bond donors (Lipinski definition) is 2. The van der Waals surface area contributed by atoms with Gasteiger partial charge in [-0.1, -0.05) is 24.3 Å². The Labute approximate surface area is 113 Å². The Morgan fingerprint density at radius 2 is 1.47 bits per heavy atom. The summed E-state index contributed by atoms with van der Waals surface area (Å²) in [5.41, 5.74) is 1.95. The van der Waals surface area contributed by atoms with Crippen LogP contribution in [0.1, 0.15) is 24.2 Å². The molecule has 0 aromatic heterocycles. The molecule has 100 valence electrons. The second-order valence-electron chi connectivity index (χ2n) is 4.46. The molecule has 2 aromatic rings. The highest BCUT2D eigenvalue weighted by Crippen LogP contribution is 2.23. The van der Waals surface area contributed by atoms with Gasteiger partial charge in [0.25, 0.3) is 0 Å². The van der Waals surface area contributed by atoms with E-state index in [-0.39, 0.29) is 6.61 Å². The lowest BCUT2D eigenvalue weighted by Crippen LogP contribution is -1.92. The molecular formula is C16H18O3. The highest BCUT2D eigenvalue weighted by molar-refractivity contribution is 5.35. The molecule has 3 heteroatoms. The van der Waals surface area contributed by atoms with Gasteiger partial charge in [-0.2, -0.15) is 0 Å². The van der Waals surface area contributed by atoms with Gasteiger partial charge in [0.1, 0.15) is 11.5 Å². The number of benzene rings is 2. The Morgan fingerprint density at radius 1 is 0.947 bits per heavy atom. The highest BCUT2D eigenvalue weighted by Gasteiger charge is 2.02. The van der Waals surface area contributed by atoms with Crippen molar-refractivity contribution in [3.05, 3.63) is 59.7 Å². The minimum absolute atomic E-state index is 0.154. The number of rotatable bonds is 5. The molecule has 0 aliphatic heterocycles. The highest BCUT2D eigenvalue weighted by atomic mass is 16.5. The van der Waals surface area contributed by atoms with Crippen LogP contribution in [0.5, 0.6) is 11.5 Å². The van der Waals surface area contributed by atoms with Crippen molar-refractivity contribution >= 4 is 0 Å². The summed E-state index contributed by atoms with van der Waals surface area (Å²) in [6.07, 6.45) is 0.190. The number of hydrogen-bond acceptors (Lipinski definition) is 3. The maximum absolute atomic E-state index is 9.42. The van der Waals surface area contributed by atoms with Crippen LogP contribution in [-0.4, -0.2) is 16.8 Å². The van der Waals surface area contributed by atoms with Gasteiger partial charge in [-0.15, -0.1) is 0 Å². The van der Waals surface area contributed by atoms with E-state index in [1.807, 2.05) is 48.5 Å². The third kappa shape index (κ3) is 3.81. The predicted octanol–water partition coefficient (Wildman–Crippen LogP) is 3.07. The van der Waals surface area contributed by atoms with E-state index >= 15 is 0 Å². The van der Waals surface area contributed by atoms with Crippen molar-refractivity contribution in [3.8, 4) is 11.5 Å². The largest absolute Gasteiger partial charge is 0.457 e. The molecule has 0 fully saturated rings. The van der Waals surface area contributed by atoms with E-state index in [0.29, 0.717) is 6.42 Å². The van der Waals surface area contributed by atoms with Gasteiger partial charge in [-0.05, 0) is 48.7 Å². The zero-order chi connectivity index (χ0) is 13.7. The molecule has 19 heavy (non-hydrogen) atoms. The Balaban J connectivity index is 2.04. The number of ether oxygens (including phenoxy) is 1. The first-order chi connectivity index (χ1) is 9.19. The minimum atomic E-state index is -0.466. The van der Waals surface area contributed by atoms with E-state index in [9.17, 15) is 5.11 Å². The summed E-state index contributed by atoms with van der Waals surface area (Å²) in [6.45, 7) is 1.89. The van der Waals surface area contributed by atoms with Gasteiger partial charge in [-0.25, -0.2) is 0 Å². The molecule has 0 saturated carbocycles. The van der Waals surface area contributed by atoms with Crippen LogP contribution in [-0.2, 0) is 6.42 Å². The Kier molecular flexibility index (Phi) is 4.55. The zero-order valence-electron chi connectivity index (χ0n) is 10.9. The molecule has 0 aliphatic carbocycles. The molecule has 1 unspecified atom stereocenters. The smallest absolute Gasteiger partial charge is 0.127 e. The first kappa shape index (κ1) is 13.6. The van der Waals surface area contributed by atoms with Gasteiger partial charge in [0.15, 0.2) is 0 Å². The fraction of sp³-hybridized carbons (Fsp3) is 0.250. The van der Waals surface area contributed by atoms with Crippen LogP contribution >= 0.6 is 0 Å². The van der Waals surface area contributed by atoms with Gasteiger partial charge in [0.05, 0.1) is 6.10 Å². The molecule has 0 aliphatic rings. The van der Waals surface area contributed by atoms with Crippen molar-refractivity contribution in [1.82, 2.24) is 0 Å². The topological polar surface area (TPSA) is 49.7 Å². The summed E-state index contributed by atoms with van der Waals surface area (Å²) in [4.78, 5) is 0. The van der Waals surface area contributed by atoms with Crippen LogP contribution < -0.4 is 4.74 Å². The number of aliphatic hydroxyl groups is 2. The maximum atomic E-state index is 9.42. The SMILES string of the molecule is CC(O)c1ccc(Oc2ccc(CCO)cc2)cc1. The lowest BCUT2D eigenvalue weighted by Gasteiger charge is -2.08. The summed E-state index contributed by atoms with van der Waals surface area (Å²) < 4.78 is 5.70. The summed E-state index contributed by atoms with van der Waals surface area (Å²) in [5.74, 6) is 1.49. The zero-order valence-corrected chi connectivity index (χ0v) is 10.9. The average molecular weight is 258 g/mol. The minimum Gasteiger partial charge on any atom is -0.457 e. The third-order valence-corrected chi connectivity index (χ3v) is 2.92. The van der Waals surface area contributed by atoms with Gasteiger partial charge in [-0.3, -0.25) is 0 Å². The van der Waals surface area contributed by atoms with Gasteiger partial charge in [0.2, 0.25) is 0 Å². The van der Waals surface area contributed by atoms with Crippen LogP contribution in [0.2, 0.25) is 0 Å². The van der Waals surface area contributed by atoms with Crippen molar-refractivity contribution in [1.29, 1.82) is 0 Å². The van der Waals surface area contributed by atoms with Crippen LogP contribution in [0.15, 0.2) is 48.5 Å². The standard InChI is InChI=1S/C16H18O3/c1-12(18)14-4-8-16(9-5-14)19-15-6-2-13(3-7-15)10-11-17/h2-9,12,17-18H,10-11H2,1H3. The Bertz CT molecular complexity index is 501. The first-order valence-electron chi connectivity index (χ1n) is 6.34. The summed E-state index contributed by atoms with van der Waals surface area (Å²) in [7, 11) is 0. The van der Waals surface area contributed by atoms with E-state index in [0.717, 1.165) is 22.6 Å². The fourth-order valence-electron chi connectivity index (χ4n) is 1.80. The molecule has 0 radical (unpaired) electrons. The first-order valence-corrected chi connectivity index (χ1v) is 6.34. The van der Waals surface area contributed by atoms with Crippen molar-refractivity contribution in [2.75, 3.05) is 6.61 Å². The quantitative estimate of drug-likeness (QED) is 0.866. The van der Waals surface area contributed by atoms with Crippen molar-refractivity contribution in [2.45, 2.75) is 19.4 Å². The molecule has 0 saturated heterocycles. The lowest BCUT2D eigenvalue weighted by atomic mass is 10.1. The van der Waals surface area contributed by atoms with E-state index < -0.39 is 6.10 Å².